The van der Waals surface area contributed by atoms with Gasteiger partial charge in [-0.05, 0) is 18.2 Å². The van der Waals surface area contributed by atoms with Gasteiger partial charge in [-0.2, -0.15) is 0 Å². The van der Waals surface area contributed by atoms with E-state index in [0.717, 1.165) is 17.4 Å². The van der Waals surface area contributed by atoms with Gasteiger partial charge in [0, 0.05) is 18.0 Å². The molecule has 0 bridgehead atoms. The zero-order valence-corrected chi connectivity index (χ0v) is 11.0. The number of carbonyl (C=O) groups excluding carboxylic acids is 1. The van der Waals surface area contributed by atoms with E-state index >= 15 is 0 Å². The molecule has 0 aliphatic rings. The number of carbonyl (C=O) groups is 1. The molecule has 0 unspecified atom stereocenters. The minimum Gasteiger partial charge on any atom is -0.298 e. The lowest BCUT2D eigenvalue weighted by atomic mass is 10.2. The summed E-state index contributed by atoms with van der Waals surface area (Å²) in [6.07, 6.45) is 2.88. The van der Waals surface area contributed by atoms with Crippen LogP contribution in [0.1, 0.15) is 10.4 Å². The summed E-state index contributed by atoms with van der Waals surface area (Å²) in [5.41, 5.74) is 0.0195. The molecule has 0 aliphatic heterocycles. The predicted molar refractivity (Wildman–Crippen MR) is 71.7 cm³/mol. The molecule has 0 spiro atoms. The maximum atomic E-state index is 13.5. The molecule has 3 aromatic rings. The molecule has 0 saturated heterocycles. The van der Waals surface area contributed by atoms with E-state index in [0.29, 0.717) is 5.56 Å². The van der Waals surface area contributed by atoms with Gasteiger partial charge in [-0.15, -0.1) is 0 Å². The minimum atomic E-state index is -1.58. The van der Waals surface area contributed by atoms with Gasteiger partial charge in [-0.1, -0.05) is 11.3 Å². The molecule has 3 rings (SSSR count). The molecule has 2 heterocycles. The van der Waals surface area contributed by atoms with E-state index in [2.05, 4.69) is 15.3 Å². The largest absolute Gasteiger partial charge is 0.298 e. The number of amides is 1. The van der Waals surface area contributed by atoms with Crippen molar-refractivity contribution in [3.8, 4) is 0 Å². The summed E-state index contributed by atoms with van der Waals surface area (Å²) in [5.74, 6) is -4.72. The van der Waals surface area contributed by atoms with E-state index < -0.39 is 23.4 Å². The molecule has 0 radical (unpaired) electrons. The van der Waals surface area contributed by atoms with Crippen molar-refractivity contribution in [1.29, 1.82) is 0 Å². The fourth-order valence-electron chi connectivity index (χ4n) is 1.70. The van der Waals surface area contributed by atoms with Crippen molar-refractivity contribution in [2.24, 2.45) is 0 Å². The molecule has 1 amide bonds. The lowest BCUT2D eigenvalue weighted by Gasteiger charge is -1.99. The molecule has 1 aromatic carbocycles. The zero-order valence-electron chi connectivity index (χ0n) is 10.2. The summed E-state index contributed by atoms with van der Waals surface area (Å²) >= 11 is 0.852. The second-order valence-corrected chi connectivity index (χ2v) is 5.07. The zero-order chi connectivity index (χ0) is 15.0. The molecule has 1 N–H and O–H groups in total. The Bertz CT molecular complexity index is 836. The van der Waals surface area contributed by atoms with Gasteiger partial charge in [0.25, 0.3) is 5.91 Å². The van der Waals surface area contributed by atoms with Gasteiger partial charge in [-0.3, -0.25) is 15.1 Å². The van der Waals surface area contributed by atoms with E-state index in [1.807, 2.05) is 0 Å². The lowest BCUT2D eigenvalue weighted by Crippen LogP contribution is -2.11. The Morgan fingerprint density at radius 1 is 1.14 bits per heavy atom. The molecule has 0 aliphatic carbocycles. The Morgan fingerprint density at radius 2 is 1.86 bits per heavy atom. The number of anilines is 1. The highest BCUT2D eigenvalue weighted by molar-refractivity contribution is 7.22. The van der Waals surface area contributed by atoms with Crippen molar-refractivity contribution in [2.45, 2.75) is 0 Å². The van der Waals surface area contributed by atoms with E-state index in [4.69, 9.17) is 0 Å². The van der Waals surface area contributed by atoms with Crippen LogP contribution in [-0.4, -0.2) is 15.9 Å². The summed E-state index contributed by atoms with van der Waals surface area (Å²) in [4.78, 5) is 19.4. The molecule has 2 aromatic heterocycles. The van der Waals surface area contributed by atoms with E-state index in [1.165, 1.54) is 24.5 Å². The average molecular weight is 309 g/mol. The minimum absolute atomic E-state index is 0.0516. The van der Waals surface area contributed by atoms with Gasteiger partial charge >= 0.3 is 0 Å². The summed E-state index contributed by atoms with van der Waals surface area (Å²) in [6.45, 7) is 0. The number of nitrogens with zero attached hydrogens (tertiary/aromatic N) is 2. The Morgan fingerprint density at radius 3 is 2.57 bits per heavy atom. The van der Waals surface area contributed by atoms with Gasteiger partial charge in [0.05, 0.1) is 4.70 Å². The third-order valence-electron chi connectivity index (χ3n) is 2.68. The Kier molecular flexibility index (Phi) is 3.30. The summed E-state index contributed by atoms with van der Waals surface area (Å²) in [5, 5.41) is 2.49. The fourth-order valence-corrected chi connectivity index (χ4v) is 2.58. The molecular weight excluding hydrogens is 303 g/mol. The maximum Gasteiger partial charge on any atom is 0.257 e. The first-order valence-electron chi connectivity index (χ1n) is 5.71. The van der Waals surface area contributed by atoms with Crippen LogP contribution in [0.2, 0.25) is 0 Å². The lowest BCUT2D eigenvalue weighted by molar-refractivity contribution is 0.102. The number of halogens is 3. The number of thiazole rings is 1. The van der Waals surface area contributed by atoms with Gasteiger partial charge in [0.2, 0.25) is 0 Å². The third-order valence-corrected chi connectivity index (χ3v) is 3.60. The number of pyridine rings is 1. The normalized spacial score (nSPS) is 10.8. The van der Waals surface area contributed by atoms with Gasteiger partial charge < -0.3 is 0 Å². The van der Waals surface area contributed by atoms with Gasteiger partial charge in [0.1, 0.15) is 5.52 Å². The van der Waals surface area contributed by atoms with E-state index in [9.17, 15) is 18.0 Å². The second-order valence-electron chi connectivity index (χ2n) is 4.04. The van der Waals surface area contributed by atoms with Crippen LogP contribution in [0.5, 0.6) is 0 Å². The molecule has 106 valence electrons. The Hall–Kier alpha value is -2.48. The summed E-state index contributed by atoms with van der Waals surface area (Å²) in [6, 6.07) is 3.82. The van der Waals surface area contributed by atoms with Crippen molar-refractivity contribution >= 4 is 32.6 Å². The Balaban J connectivity index is 1.95. The number of aromatic nitrogens is 2. The number of benzene rings is 1. The monoisotopic (exact) mass is 309 g/mol. The van der Waals surface area contributed by atoms with Crippen LogP contribution >= 0.6 is 11.3 Å². The number of hydrogen-bond acceptors (Lipinski definition) is 4. The van der Waals surface area contributed by atoms with Crippen molar-refractivity contribution < 1.29 is 18.0 Å². The highest BCUT2D eigenvalue weighted by Gasteiger charge is 2.18. The number of nitrogens with one attached hydrogen (secondary N) is 1. The predicted octanol–water partition coefficient (Wildman–Crippen LogP) is 3.36. The van der Waals surface area contributed by atoms with E-state index in [1.54, 1.807) is 0 Å². The van der Waals surface area contributed by atoms with Crippen LogP contribution in [-0.2, 0) is 0 Å². The maximum absolute atomic E-state index is 13.5. The highest BCUT2D eigenvalue weighted by Crippen LogP contribution is 2.30. The molecule has 0 atom stereocenters. The Labute approximate surface area is 120 Å². The van der Waals surface area contributed by atoms with Crippen molar-refractivity contribution in [2.75, 3.05) is 5.32 Å². The van der Waals surface area contributed by atoms with Crippen LogP contribution in [0.15, 0.2) is 30.6 Å². The van der Waals surface area contributed by atoms with Crippen LogP contribution < -0.4 is 5.32 Å². The molecule has 21 heavy (non-hydrogen) atoms. The topological polar surface area (TPSA) is 54.9 Å². The standard InChI is InChI=1S/C13H6F3N3OS/c14-7-5-8-11(10(16)9(7)15)18-13(21-8)19-12(20)6-1-3-17-4-2-6/h1-5H,(H,18,19,20). The first kappa shape index (κ1) is 13.5. The molecule has 0 saturated carbocycles. The molecule has 8 heteroatoms. The number of hydrogen-bond donors (Lipinski definition) is 1. The van der Waals surface area contributed by atoms with Crippen LogP contribution in [0.25, 0.3) is 10.2 Å². The van der Waals surface area contributed by atoms with Crippen molar-refractivity contribution in [3.63, 3.8) is 0 Å². The van der Waals surface area contributed by atoms with Crippen LogP contribution in [0.4, 0.5) is 18.3 Å². The summed E-state index contributed by atoms with van der Waals surface area (Å²) in [7, 11) is 0. The van der Waals surface area contributed by atoms with Crippen molar-refractivity contribution in [1.82, 2.24) is 9.97 Å². The third kappa shape index (κ3) is 2.45. The van der Waals surface area contributed by atoms with Gasteiger partial charge in [0.15, 0.2) is 22.6 Å². The first-order chi connectivity index (χ1) is 10.1. The first-order valence-corrected chi connectivity index (χ1v) is 6.53. The number of fused-ring (bicyclic) bond motifs is 1. The molecule has 4 nitrogen and oxygen atoms in total. The second kappa shape index (κ2) is 5.13. The highest BCUT2D eigenvalue weighted by atomic mass is 32.1. The van der Waals surface area contributed by atoms with E-state index in [-0.39, 0.29) is 15.3 Å². The molecular formula is C13H6F3N3OS. The van der Waals surface area contributed by atoms with Crippen molar-refractivity contribution in [3.05, 3.63) is 53.6 Å². The van der Waals surface area contributed by atoms with Gasteiger partial charge in [-0.25, -0.2) is 18.2 Å². The smallest absolute Gasteiger partial charge is 0.257 e. The van der Waals surface area contributed by atoms with Crippen LogP contribution in [0.3, 0.4) is 0 Å². The average Bonchev–Trinajstić information content (AvgIpc) is 2.88. The molecule has 0 fully saturated rings. The summed E-state index contributed by atoms with van der Waals surface area (Å²) < 4.78 is 39.9. The quantitative estimate of drug-likeness (QED) is 0.739. The van der Waals surface area contributed by atoms with Crippen LogP contribution in [0, 0.1) is 17.5 Å². The SMILES string of the molecule is O=C(Nc1nc2c(F)c(F)c(F)cc2s1)c1ccncc1. The number of rotatable bonds is 2. The fraction of sp³-hybridized carbons (Fsp3) is 0.